The lowest BCUT2D eigenvalue weighted by atomic mass is 10.0. The van der Waals surface area contributed by atoms with Crippen LogP contribution in [0.15, 0.2) is 55.4 Å². The second kappa shape index (κ2) is 14.9. The molecule has 4 rings (SSSR count). The number of halogens is 3. The first-order valence-corrected chi connectivity index (χ1v) is 13.7. The number of carboxylic acids is 1. The number of hydrogen-bond acceptors (Lipinski definition) is 9. The molecule has 4 aromatic rings. The summed E-state index contributed by atoms with van der Waals surface area (Å²) in [6, 6.07) is 11.6. The van der Waals surface area contributed by atoms with Crippen molar-refractivity contribution in [3.8, 4) is 23.1 Å². The largest absolute Gasteiger partial charge is 0.494 e. The maximum atomic E-state index is 12.2. The van der Waals surface area contributed by atoms with E-state index in [0.717, 1.165) is 34.3 Å². The molecule has 12 nitrogen and oxygen atoms in total. The Balaban J connectivity index is 0.000000738. The van der Waals surface area contributed by atoms with E-state index in [1.165, 1.54) is 6.08 Å². The number of ether oxygens (including phenoxy) is 1. The third-order valence-corrected chi connectivity index (χ3v) is 6.71. The zero-order valence-electron chi connectivity index (χ0n) is 25.8. The highest BCUT2D eigenvalue weighted by Crippen LogP contribution is 2.38. The van der Waals surface area contributed by atoms with Gasteiger partial charge in [0.05, 0.1) is 40.9 Å². The number of hydrogen-bond donors (Lipinski definition) is 4. The first-order chi connectivity index (χ1) is 21.7. The van der Waals surface area contributed by atoms with E-state index >= 15 is 0 Å². The van der Waals surface area contributed by atoms with Gasteiger partial charge in [-0.15, -0.1) is 0 Å². The predicted molar refractivity (Wildman–Crippen MR) is 169 cm³/mol. The fourth-order valence-electron chi connectivity index (χ4n) is 4.51. The van der Waals surface area contributed by atoms with Gasteiger partial charge in [0.1, 0.15) is 11.8 Å². The van der Waals surface area contributed by atoms with Crippen LogP contribution in [0.5, 0.6) is 5.75 Å². The summed E-state index contributed by atoms with van der Waals surface area (Å²) < 4.78 is 39.4. The number of carboxylic acid groups (broad SMARTS) is 1. The van der Waals surface area contributed by atoms with E-state index in [1.54, 1.807) is 25.4 Å². The van der Waals surface area contributed by atoms with Crippen molar-refractivity contribution in [2.75, 3.05) is 49.8 Å². The lowest BCUT2D eigenvalue weighted by molar-refractivity contribution is -0.192. The lowest BCUT2D eigenvalue weighted by Gasteiger charge is -2.24. The van der Waals surface area contributed by atoms with Gasteiger partial charge in [0.2, 0.25) is 11.9 Å². The molecule has 0 saturated heterocycles. The summed E-state index contributed by atoms with van der Waals surface area (Å²) in [7, 11) is 7.34. The molecule has 15 heteroatoms. The number of likely N-dealkylation sites (N-methyl/N-ethyl adjacent to an activating group) is 2. The molecule has 0 bridgehead atoms. The summed E-state index contributed by atoms with van der Waals surface area (Å²) in [5.41, 5.74) is 5.97. The minimum absolute atomic E-state index is 0.326. The summed E-state index contributed by atoms with van der Waals surface area (Å²) in [6.45, 7) is 7.06. The third-order valence-electron chi connectivity index (χ3n) is 6.71. The van der Waals surface area contributed by atoms with Gasteiger partial charge in [-0.2, -0.15) is 18.4 Å². The van der Waals surface area contributed by atoms with Crippen molar-refractivity contribution in [2.45, 2.75) is 13.1 Å². The van der Waals surface area contributed by atoms with Crippen molar-refractivity contribution in [1.29, 1.82) is 5.26 Å². The normalized spacial score (nSPS) is 10.8. The molecule has 4 N–H and O–H groups in total. The fraction of sp³-hybridized carbons (Fsp3) is 0.258. The molecular weight excluding hydrogens is 605 g/mol. The number of rotatable bonds is 10. The van der Waals surface area contributed by atoms with Crippen LogP contribution in [-0.2, 0) is 16.6 Å². The average Bonchev–Trinajstić information content (AvgIpc) is 3.32. The van der Waals surface area contributed by atoms with E-state index in [1.807, 2.05) is 61.9 Å². The summed E-state index contributed by atoms with van der Waals surface area (Å²) in [5.74, 6) is -2.19. The van der Waals surface area contributed by atoms with Crippen molar-refractivity contribution < 1.29 is 32.6 Å². The topological polar surface area (TPSA) is 157 Å². The predicted octanol–water partition coefficient (Wildman–Crippen LogP) is 4.98. The number of amides is 1. The average molecular weight is 639 g/mol. The Morgan fingerprint density at radius 1 is 1.24 bits per heavy atom. The molecule has 2 aromatic carbocycles. The van der Waals surface area contributed by atoms with Gasteiger partial charge in [-0.3, -0.25) is 4.79 Å². The van der Waals surface area contributed by atoms with Gasteiger partial charge in [-0.25, -0.2) is 14.8 Å². The van der Waals surface area contributed by atoms with Crippen LogP contribution in [0.4, 0.5) is 36.2 Å². The number of methoxy groups -OCH3 is 1. The first kappa shape index (κ1) is 34.9. The van der Waals surface area contributed by atoms with Crippen LogP contribution in [-0.4, -0.2) is 72.0 Å². The van der Waals surface area contributed by atoms with E-state index < -0.39 is 12.1 Å². The van der Waals surface area contributed by atoms with Crippen LogP contribution in [0.2, 0.25) is 0 Å². The molecule has 242 valence electrons. The fourth-order valence-corrected chi connectivity index (χ4v) is 4.51. The molecule has 0 radical (unpaired) electrons. The standard InChI is InChI=1S/C29H32N8O2.C2HF3O2/c1-7-27(38)33-23-14-24(26(39-6)15-25(23)36(4)11-10-31-3)35-29-32-9-8-22(34-29)19-12-20(16-30)28-21(13-19)18(2)17-37(28)5;3-2(4,5)1(6)7/h7-9,12-15,17,31H,1,10-11H2,2-6H3,(H,33,38)(H,32,34,35);(H,6,7). The molecule has 2 heterocycles. The van der Waals surface area contributed by atoms with Crippen LogP contribution in [0, 0.1) is 18.3 Å². The molecule has 1 amide bonds. The number of nitrogens with one attached hydrogen (secondary N) is 3. The van der Waals surface area contributed by atoms with Crippen LogP contribution >= 0.6 is 0 Å². The molecule has 46 heavy (non-hydrogen) atoms. The number of carbonyl (C=O) groups excluding carboxylic acids is 1. The third kappa shape index (κ3) is 8.30. The summed E-state index contributed by atoms with van der Waals surface area (Å²) in [5, 5.41) is 27.2. The molecule has 0 spiro atoms. The number of aromatic nitrogens is 3. The van der Waals surface area contributed by atoms with E-state index in [0.29, 0.717) is 40.9 Å². The van der Waals surface area contributed by atoms with Crippen LogP contribution in [0.3, 0.4) is 0 Å². The van der Waals surface area contributed by atoms with Gasteiger partial charge in [-0.05, 0) is 49.9 Å². The second-order valence-electron chi connectivity index (χ2n) is 9.94. The molecular formula is C31H33F3N8O4. The minimum Gasteiger partial charge on any atom is -0.494 e. The summed E-state index contributed by atoms with van der Waals surface area (Å²) in [4.78, 5) is 32.2. The lowest BCUT2D eigenvalue weighted by Crippen LogP contribution is -2.28. The first-order valence-electron chi connectivity index (χ1n) is 13.7. The van der Waals surface area contributed by atoms with E-state index in [4.69, 9.17) is 19.6 Å². The smallest absolute Gasteiger partial charge is 0.490 e. The zero-order chi connectivity index (χ0) is 34.2. The second-order valence-corrected chi connectivity index (χ2v) is 9.94. The number of fused-ring (bicyclic) bond motifs is 1. The highest BCUT2D eigenvalue weighted by atomic mass is 19.4. The Bertz CT molecular complexity index is 1800. The van der Waals surface area contributed by atoms with Gasteiger partial charge >= 0.3 is 12.1 Å². The highest BCUT2D eigenvalue weighted by molar-refractivity contribution is 6.02. The van der Waals surface area contributed by atoms with Crippen LogP contribution in [0.1, 0.15) is 11.1 Å². The SMILES string of the molecule is C=CC(=O)Nc1cc(Nc2nccc(-c3cc(C#N)c4c(c3)c(C)cn4C)n2)c(OC)cc1N(C)CCNC.O=C(O)C(F)(F)F. The van der Waals surface area contributed by atoms with Gasteiger partial charge in [-0.1, -0.05) is 6.58 Å². The van der Waals surface area contributed by atoms with Crippen molar-refractivity contribution in [3.05, 3.63) is 66.5 Å². The number of nitrogens with zero attached hydrogens (tertiary/aromatic N) is 5. The maximum Gasteiger partial charge on any atom is 0.490 e. The van der Waals surface area contributed by atoms with Gasteiger partial charge in [0.15, 0.2) is 0 Å². The minimum atomic E-state index is -5.08. The molecule has 0 aliphatic heterocycles. The van der Waals surface area contributed by atoms with Crippen LogP contribution in [0.25, 0.3) is 22.2 Å². The molecule has 0 aliphatic carbocycles. The summed E-state index contributed by atoms with van der Waals surface area (Å²) in [6.07, 6.45) is -0.190. The van der Waals surface area contributed by atoms with Crippen molar-refractivity contribution >= 4 is 45.8 Å². The molecule has 2 aromatic heterocycles. The zero-order valence-corrected chi connectivity index (χ0v) is 25.8. The molecule has 0 atom stereocenters. The Labute approximate surface area is 263 Å². The maximum absolute atomic E-state index is 12.2. The number of carbonyl (C=O) groups is 2. The van der Waals surface area contributed by atoms with Gasteiger partial charge < -0.3 is 35.3 Å². The van der Waals surface area contributed by atoms with Crippen LogP contribution < -0.4 is 25.6 Å². The number of aliphatic carboxylic acids is 1. The number of nitriles is 1. The molecule has 0 aliphatic rings. The number of aryl methyl sites for hydroxylation is 2. The van der Waals surface area contributed by atoms with E-state index in [2.05, 4.69) is 33.6 Å². The monoisotopic (exact) mass is 638 g/mol. The number of benzene rings is 2. The van der Waals surface area contributed by atoms with E-state index in [-0.39, 0.29) is 5.91 Å². The quantitative estimate of drug-likeness (QED) is 0.175. The molecule has 0 saturated carbocycles. The van der Waals surface area contributed by atoms with Gasteiger partial charge in [0, 0.05) is 56.6 Å². The Hall–Kier alpha value is -5.62. The van der Waals surface area contributed by atoms with Gasteiger partial charge in [0.25, 0.3) is 0 Å². The Morgan fingerprint density at radius 2 is 1.93 bits per heavy atom. The Morgan fingerprint density at radius 3 is 2.52 bits per heavy atom. The molecule has 0 unspecified atom stereocenters. The number of alkyl halides is 3. The molecule has 0 fully saturated rings. The van der Waals surface area contributed by atoms with Crippen molar-refractivity contribution in [2.24, 2.45) is 7.05 Å². The highest BCUT2D eigenvalue weighted by Gasteiger charge is 2.38. The van der Waals surface area contributed by atoms with Crippen molar-refractivity contribution in [3.63, 3.8) is 0 Å². The van der Waals surface area contributed by atoms with E-state index in [9.17, 15) is 23.2 Å². The van der Waals surface area contributed by atoms with Crippen molar-refractivity contribution in [1.82, 2.24) is 19.9 Å². The number of anilines is 4. The summed E-state index contributed by atoms with van der Waals surface area (Å²) >= 11 is 0. The Kier molecular flexibility index (Phi) is 11.3.